The molecule has 0 unspecified atom stereocenters. The summed E-state index contributed by atoms with van der Waals surface area (Å²) in [6, 6.07) is 0.334. The number of nitrogens with zero attached hydrogens (tertiary/aromatic N) is 2. The second-order valence-electron chi connectivity index (χ2n) is 4.05. The van der Waals surface area contributed by atoms with E-state index in [2.05, 4.69) is 11.8 Å². The van der Waals surface area contributed by atoms with Crippen molar-refractivity contribution in [2.45, 2.75) is 32.9 Å². The molecule has 1 aliphatic heterocycles. The lowest BCUT2D eigenvalue weighted by molar-refractivity contribution is 0.0262. The van der Waals surface area contributed by atoms with Gasteiger partial charge in [0.25, 0.3) is 0 Å². The Labute approximate surface area is 85.8 Å². The second-order valence-corrected chi connectivity index (χ2v) is 4.05. The Bertz CT molecular complexity index is 200. The van der Waals surface area contributed by atoms with Gasteiger partial charge in [-0.05, 0) is 20.4 Å². The molecule has 0 aromatic rings. The van der Waals surface area contributed by atoms with Crippen LogP contribution in [0.4, 0.5) is 4.79 Å². The number of carbonyl (C=O) groups excluding carboxylic acids is 1. The molecule has 0 aromatic carbocycles. The van der Waals surface area contributed by atoms with Crippen LogP contribution in [0.3, 0.4) is 0 Å². The van der Waals surface area contributed by atoms with Gasteiger partial charge in [-0.2, -0.15) is 0 Å². The van der Waals surface area contributed by atoms with Gasteiger partial charge < -0.3 is 9.64 Å². The third-order valence-electron chi connectivity index (χ3n) is 2.56. The van der Waals surface area contributed by atoms with E-state index < -0.39 is 0 Å². The molecule has 0 atom stereocenters. The summed E-state index contributed by atoms with van der Waals surface area (Å²) in [4.78, 5) is 15.5. The second kappa shape index (κ2) is 4.64. The zero-order valence-corrected chi connectivity index (χ0v) is 9.49. The van der Waals surface area contributed by atoms with Crippen LogP contribution in [0.25, 0.3) is 0 Å². The molecule has 0 bridgehead atoms. The fourth-order valence-corrected chi connectivity index (χ4v) is 1.48. The standard InChI is InChI=1S/C10H20N2O2/c1-5-12-6-9(7-12)11(4)10(13)14-8(2)3/h8-9H,5-7H2,1-4H3. The van der Waals surface area contributed by atoms with Gasteiger partial charge in [0.1, 0.15) is 0 Å². The van der Waals surface area contributed by atoms with E-state index in [0.29, 0.717) is 6.04 Å². The highest BCUT2D eigenvalue weighted by atomic mass is 16.6. The van der Waals surface area contributed by atoms with Crippen LogP contribution in [0.5, 0.6) is 0 Å². The summed E-state index contributed by atoms with van der Waals surface area (Å²) in [6.45, 7) is 8.86. The highest BCUT2D eigenvalue weighted by Gasteiger charge is 2.32. The third kappa shape index (κ3) is 2.61. The largest absolute Gasteiger partial charge is 0.447 e. The van der Waals surface area contributed by atoms with Crippen molar-refractivity contribution in [3.63, 3.8) is 0 Å². The van der Waals surface area contributed by atoms with Crippen LogP contribution >= 0.6 is 0 Å². The molecule has 0 spiro atoms. The normalized spacial score (nSPS) is 18.1. The van der Waals surface area contributed by atoms with Crippen LogP contribution in [0.1, 0.15) is 20.8 Å². The minimum Gasteiger partial charge on any atom is -0.447 e. The van der Waals surface area contributed by atoms with Crippen molar-refractivity contribution < 1.29 is 9.53 Å². The van der Waals surface area contributed by atoms with Gasteiger partial charge in [0, 0.05) is 20.1 Å². The number of likely N-dealkylation sites (N-methyl/N-ethyl adjacent to an activating group) is 2. The quantitative estimate of drug-likeness (QED) is 0.685. The van der Waals surface area contributed by atoms with Crippen LogP contribution in [-0.2, 0) is 4.74 Å². The van der Waals surface area contributed by atoms with E-state index in [0.717, 1.165) is 19.6 Å². The molecule has 0 aromatic heterocycles. The lowest BCUT2D eigenvalue weighted by atomic mass is 10.1. The van der Waals surface area contributed by atoms with Crippen molar-refractivity contribution in [2.24, 2.45) is 0 Å². The Kier molecular flexibility index (Phi) is 3.75. The molecule has 0 N–H and O–H groups in total. The number of carbonyl (C=O) groups is 1. The van der Waals surface area contributed by atoms with E-state index in [-0.39, 0.29) is 12.2 Å². The Morgan fingerprint density at radius 3 is 2.57 bits per heavy atom. The van der Waals surface area contributed by atoms with Crippen molar-refractivity contribution in [2.75, 3.05) is 26.7 Å². The monoisotopic (exact) mass is 200 g/mol. The summed E-state index contributed by atoms with van der Waals surface area (Å²) in [5.74, 6) is 0. The summed E-state index contributed by atoms with van der Waals surface area (Å²) in [5, 5.41) is 0. The minimum atomic E-state index is -0.208. The number of hydrogen-bond acceptors (Lipinski definition) is 3. The van der Waals surface area contributed by atoms with Gasteiger partial charge in [0.05, 0.1) is 12.1 Å². The number of rotatable bonds is 3. The maximum atomic E-state index is 11.5. The van der Waals surface area contributed by atoms with Crippen molar-refractivity contribution in [3.8, 4) is 0 Å². The fourth-order valence-electron chi connectivity index (χ4n) is 1.48. The summed E-state index contributed by atoms with van der Waals surface area (Å²) in [7, 11) is 1.81. The highest BCUT2D eigenvalue weighted by Crippen LogP contribution is 2.13. The van der Waals surface area contributed by atoms with E-state index >= 15 is 0 Å². The van der Waals surface area contributed by atoms with Crippen molar-refractivity contribution >= 4 is 6.09 Å². The molecule has 0 saturated carbocycles. The first-order valence-corrected chi connectivity index (χ1v) is 5.20. The highest BCUT2D eigenvalue weighted by molar-refractivity contribution is 5.68. The zero-order valence-electron chi connectivity index (χ0n) is 9.49. The van der Waals surface area contributed by atoms with Gasteiger partial charge in [-0.25, -0.2) is 4.79 Å². The zero-order chi connectivity index (χ0) is 10.7. The Morgan fingerprint density at radius 1 is 1.57 bits per heavy atom. The summed E-state index contributed by atoms with van der Waals surface area (Å²) in [5.41, 5.74) is 0. The molecule has 14 heavy (non-hydrogen) atoms. The van der Waals surface area contributed by atoms with Gasteiger partial charge in [0.2, 0.25) is 0 Å². The van der Waals surface area contributed by atoms with Crippen LogP contribution in [0.2, 0.25) is 0 Å². The summed E-state index contributed by atoms with van der Waals surface area (Å²) < 4.78 is 5.11. The molecule has 0 aliphatic carbocycles. The lowest BCUT2D eigenvalue weighted by Gasteiger charge is -2.43. The Morgan fingerprint density at radius 2 is 2.14 bits per heavy atom. The molecule has 4 heteroatoms. The van der Waals surface area contributed by atoms with Crippen LogP contribution in [0, 0.1) is 0 Å². The maximum Gasteiger partial charge on any atom is 0.410 e. The van der Waals surface area contributed by atoms with E-state index in [1.165, 1.54) is 0 Å². The van der Waals surface area contributed by atoms with Crippen molar-refractivity contribution in [3.05, 3.63) is 0 Å². The van der Waals surface area contributed by atoms with Gasteiger partial charge in [-0.1, -0.05) is 6.92 Å². The number of hydrogen-bond donors (Lipinski definition) is 0. The molecule has 4 nitrogen and oxygen atoms in total. The average Bonchev–Trinajstić information content (AvgIpc) is 2.00. The molecule has 1 fully saturated rings. The average molecular weight is 200 g/mol. The first-order chi connectivity index (χ1) is 6.54. The van der Waals surface area contributed by atoms with E-state index in [4.69, 9.17) is 4.74 Å². The summed E-state index contributed by atoms with van der Waals surface area (Å²) >= 11 is 0. The van der Waals surface area contributed by atoms with Gasteiger partial charge in [-0.15, -0.1) is 0 Å². The van der Waals surface area contributed by atoms with Crippen LogP contribution in [-0.4, -0.2) is 54.7 Å². The number of amides is 1. The van der Waals surface area contributed by atoms with Crippen LogP contribution < -0.4 is 0 Å². The van der Waals surface area contributed by atoms with E-state index in [9.17, 15) is 4.79 Å². The minimum absolute atomic E-state index is 0.0349. The van der Waals surface area contributed by atoms with Gasteiger partial charge >= 0.3 is 6.09 Å². The Hall–Kier alpha value is -0.770. The van der Waals surface area contributed by atoms with E-state index in [1.807, 2.05) is 20.9 Å². The number of likely N-dealkylation sites (tertiary alicyclic amines) is 1. The predicted octanol–water partition coefficient (Wildman–Crippen LogP) is 1.17. The Balaban J connectivity index is 2.28. The summed E-state index contributed by atoms with van der Waals surface area (Å²) in [6.07, 6.45) is -0.243. The molecule has 82 valence electrons. The van der Waals surface area contributed by atoms with Gasteiger partial charge in [-0.3, -0.25) is 4.90 Å². The van der Waals surface area contributed by atoms with Gasteiger partial charge in [0.15, 0.2) is 0 Å². The molecular formula is C10H20N2O2. The molecule has 1 saturated heterocycles. The van der Waals surface area contributed by atoms with E-state index in [1.54, 1.807) is 4.90 Å². The molecule has 1 rings (SSSR count). The molecular weight excluding hydrogens is 180 g/mol. The third-order valence-corrected chi connectivity index (χ3v) is 2.56. The first-order valence-electron chi connectivity index (χ1n) is 5.20. The first kappa shape index (κ1) is 11.3. The number of ether oxygens (including phenoxy) is 1. The predicted molar refractivity (Wildman–Crippen MR) is 55.3 cm³/mol. The topological polar surface area (TPSA) is 32.8 Å². The van der Waals surface area contributed by atoms with Crippen LogP contribution in [0.15, 0.2) is 0 Å². The molecule has 1 amide bonds. The lowest BCUT2D eigenvalue weighted by Crippen LogP contribution is -2.59. The maximum absolute atomic E-state index is 11.5. The smallest absolute Gasteiger partial charge is 0.410 e. The molecule has 1 heterocycles. The fraction of sp³-hybridized carbons (Fsp3) is 0.900. The SMILES string of the molecule is CCN1CC(N(C)C(=O)OC(C)C)C1. The van der Waals surface area contributed by atoms with Crippen molar-refractivity contribution in [1.82, 2.24) is 9.80 Å². The van der Waals surface area contributed by atoms with Crippen molar-refractivity contribution in [1.29, 1.82) is 0 Å². The molecule has 0 radical (unpaired) electrons. The molecule has 1 aliphatic rings.